The minimum Gasteiger partial charge on any atom is -0.370 e. The van der Waals surface area contributed by atoms with Crippen LogP contribution in [0.1, 0.15) is 36.9 Å². The van der Waals surface area contributed by atoms with Gasteiger partial charge in [0, 0.05) is 13.1 Å². The van der Waals surface area contributed by atoms with E-state index in [1.54, 1.807) is 0 Å². The molecule has 1 saturated carbocycles. The van der Waals surface area contributed by atoms with Crippen LogP contribution in [0.3, 0.4) is 0 Å². The smallest absolute Gasteiger partial charge is 0.191 e. The fourth-order valence-corrected chi connectivity index (χ4v) is 2.48. The fourth-order valence-electron chi connectivity index (χ4n) is 2.48. The van der Waals surface area contributed by atoms with E-state index in [1.165, 1.54) is 24.0 Å². The molecule has 124 valence electrons. The van der Waals surface area contributed by atoms with Crippen LogP contribution in [-0.4, -0.2) is 49.5 Å². The lowest BCUT2D eigenvalue weighted by atomic mass is 10.0. The van der Waals surface area contributed by atoms with Gasteiger partial charge in [0.05, 0.1) is 12.6 Å². The summed E-state index contributed by atoms with van der Waals surface area (Å²) in [7, 11) is 6.22. The summed E-state index contributed by atoms with van der Waals surface area (Å²) in [5.41, 5.74) is 8.75. The molecule has 2 N–H and O–H groups in total. The van der Waals surface area contributed by atoms with Gasteiger partial charge in [0.15, 0.2) is 5.96 Å². The summed E-state index contributed by atoms with van der Waals surface area (Å²) < 4.78 is 0. The van der Waals surface area contributed by atoms with Crippen molar-refractivity contribution in [1.29, 1.82) is 0 Å². The average Bonchev–Trinajstić information content (AvgIpc) is 3.31. The standard InChI is InChI=1S/C17H28N4.HI/c1-5-13-6-8-14(9-7-13)16(20(2)3)12-19-17(18)21(4)15-10-11-15;/h6-9,15-16H,5,10-12H2,1-4H3,(H2,18,19);1H. The molecule has 1 atom stereocenters. The van der Waals surface area contributed by atoms with Crippen LogP contribution in [-0.2, 0) is 6.42 Å². The fraction of sp³-hybridized carbons (Fsp3) is 0.588. The van der Waals surface area contributed by atoms with Crippen molar-refractivity contribution in [2.45, 2.75) is 38.3 Å². The first kappa shape index (κ1) is 19.2. The Morgan fingerprint density at radius 2 is 1.82 bits per heavy atom. The number of hydrogen-bond acceptors (Lipinski definition) is 2. The molecule has 1 aromatic rings. The van der Waals surface area contributed by atoms with Gasteiger partial charge < -0.3 is 15.5 Å². The first-order chi connectivity index (χ1) is 10.0. The molecule has 4 nitrogen and oxygen atoms in total. The van der Waals surface area contributed by atoms with E-state index in [2.05, 4.69) is 60.1 Å². The van der Waals surface area contributed by atoms with Crippen LogP contribution in [0.25, 0.3) is 0 Å². The number of aryl methyl sites for hydroxylation is 1. The summed E-state index contributed by atoms with van der Waals surface area (Å²) in [6.45, 7) is 2.87. The molecule has 0 saturated heterocycles. The second-order valence-electron chi connectivity index (χ2n) is 6.12. The summed E-state index contributed by atoms with van der Waals surface area (Å²) in [6, 6.07) is 9.70. The van der Waals surface area contributed by atoms with E-state index >= 15 is 0 Å². The van der Waals surface area contributed by atoms with Gasteiger partial charge in [0.2, 0.25) is 0 Å². The second-order valence-corrected chi connectivity index (χ2v) is 6.12. The molecule has 0 radical (unpaired) electrons. The van der Waals surface area contributed by atoms with Crippen LogP contribution in [0.5, 0.6) is 0 Å². The predicted octanol–water partition coefficient (Wildman–Crippen LogP) is 2.88. The summed E-state index contributed by atoms with van der Waals surface area (Å²) in [4.78, 5) is 8.91. The number of aliphatic imine (C=N–C) groups is 1. The van der Waals surface area contributed by atoms with Crippen LogP contribution in [0.15, 0.2) is 29.3 Å². The van der Waals surface area contributed by atoms with E-state index in [0.717, 1.165) is 6.42 Å². The molecule has 1 fully saturated rings. The molecule has 1 unspecified atom stereocenters. The molecule has 1 aromatic carbocycles. The van der Waals surface area contributed by atoms with Crippen LogP contribution in [0, 0.1) is 0 Å². The number of rotatable bonds is 6. The first-order valence-corrected chi connectivity index (χ1v) is 7.81. The van der Waals surface area contributed by atoms with Crippen molar-refractivity contribution < 1.29 is 0 Å². The van der Waals surface area contributed by atoms with E-state index in [-0.39, 0.29) is 30.0 Å². The normalized spacial score (nSPS) is 16.3. The molecule has 22 heavy (non-hydrogen) atoms. The topological polar surface area (TPSA) is 44.9 Å². The van der Waals surface area contributed by atoms with Crippen molar-refractivity contribution in [3.8, 4) is 0 Å². The minimum atomic E-state index is 0. The third-order valence-corrected chi connectivity index (χ3v) is 4.28. The molecular weight excluding hydrogens is 387 g/mol. The SMILES string of the molecule is CCc1ccc(C(CN=C(N)N(C)C2CC2)N(C)C)cc1.I. The van der Waals surface area contributed by atoms with Gasteiger partial charge in [-0.15, -0.1) is 24.0 Å². The maximum Gasteiger partial charge on any atom is 0.191 e. The molecular formula is C17H29IN4. The molecule has 0 spiro atoms. The molecule has 0 bridgehead atoms. The van der Waals surface area contributed by atoms with Gasteiger partial charge in [-0.05, 0) is 44.5 Å². The number of likely N-dealkylation sites (N-methyl/N-ethyl adjacent to an activating group) is 1. The molecule has 0 heterocycles. The molecule has 1 aliphatic rings. The summed E-state index contributed by atoms with van der Waals surface area (Å²) in [5, 5.41) is 0. The second kappa shape index (κ2) is 8.72. The maximum absolute atomic E-state index is 6.09. The maximum atomic E-state index is 6.09. The third kappa shape index (κ3) is 5.12. The number of nitrogens with zero attached hydrogens (tertiary/aromatic N) is 3. The van der Waals surface area contributed by atoms with Gasteiger partial charge in [-0.3, -0.25) is 4.99 Å². The number of nitrogens with two attached hydrogens (primary N) is 1. The van der Waals surface area contributed by atoms with E-state index < -0.39 is 0 Å². The van der Waals surface area contributed by atoms with Crippen LogP contribution in [0.4, 0.5) is 0 Å². The Kier molecular flexibility index (Phi) is 7.62. The minimum absolute atomic E-state index is 0. The highest BCUT2D eigenvalue weighted by molar-refractivity contribution is 14.0. The van der Waals surface area contributed by atoms with Crippen LogP contribution < -0.4 is 5.73 Å². The molecule has 0 amide bonds. The highest BCUT2D eigenvalue weighted by atomic mass is 127. The van der Waals surface area contributed by atoms with E-state index in [4.69, 9.17) is 5.73 Å². The van der Waals surface area contributed by atoms with Crippen LogP contribution >= 0.6 is 24.0 Å². The Hall–Kier alpha value is -0.820. The average molecular weight is 416 g/mol. The quantitative estimate of drug-likeness (QED) is 0.441. The lowest BCUT2D eigenvalue weighted by Gasteiger charge is -2.24. The van der Waals surface area contributed by atoms with E-state index in [1.807, 2.05) is 7.05 Å². The molecule has 0 aliphatic heterocycles. The third-order valence-electron chi connectivity index (χ3n) is 4.28. The number of benzene rings is 1. The lowest BCUT2D eigenvalue weighted by molar-refractivity contribution is 0.305. The van der Waals surface area contributed by atoms with Gasteiger partial charge >= 0.3 is 0 Å². The zero-order valence-electron chi connectivity index (χ0n) is 14.1. The highest BCUT2D eigenvalue weighted by Crippen LogP contribution is 2.25. The first-order valence-electron chi connectivity index (χ1n) is 7.81. The van der Waals surface area contributed by atoms with Crippen molar-refractivity contribution in [2.24, 2.45) is 10.7 Å². The lowest BCUT2D eigenvalue weighted by Crippen LogP contribution is -2.36. The van der Waals surface area contributed by atoms with Gasteiger partial charge in [0.25, 0.3) is 0 Å². The molecule has 1 aliphatic carbocycles. The predicted molar refractivity (Wildman–Crippen MR) is 105 cm³/mol. The Morgan fingerprint density at radius 1 is 1.23 bits per heavy atom. The molecule has 0 aromatic heterocycles. The Balaban J connectivity index is 0.00000242. The van der Waals surface area contributed by atoms with E-state index in [0.29, 0.717) is 18.5 Å². The van der Waals surface area contributed by atoms with Gasteiger partial charge in [0.1, 0.15) is 0 Å². The van der Waals surface area contributed by atoms with Crippen molar-refractivity contribution in [2.75, 3.05) is 27.7 Å². The summed E-state index contributed by atoms with van der Waals surface area (Å²) in [6.07, 6.45) is 3.55. The Labute approximate surface area is 151 Å². The number of halogens is 1. The van der Waals surface area contributed by atoms with Crippen molar-refractivity contribution in [3.05, 3.63) is 35.4 Å². The van der Waals surface area contributed by atoms with Crippen molar-refractivity contribution in [3.63, 3.8) is 0 Å². The Bertz CT molecular complexity index is 480. The number of guanidine groups is 1. The van der Waals surface area contributed by atoms with E-state index in [9.17, 15) is 0 Å². The summed E-state index contributed by atoms with van der Waals surface area (Å²) >= 11 is 0. The van der Waals surface area contributed by atoms with Crippen molar-refractivity contribution in [1.82, 2.24) is 9.80 Å². The summed E-state index contributed by atoms with van der Waals surface area (Å²) in [5.74, 6) is 0.662. The number of hydrogen-bond donors (Lipinski definition) is 1. The molecule has 2 rings (SSSR count). The van der Waals surface area contributed by atoms with Crippen LogP contribution in [0.2, 0.25) is 0 Å². The zero-order valence-corrected chi connectivity index (χ0v) is 16.5. The van der Waals surface area contributed by atoms with Gasteiger partial charge in [-0.1, -0.05) is 31.2 Å². The largest absolute Gasteiger partial charge is 0.370 e. The van der Waals surface area contributed by atoms with Gasteiger partial charge in [-0.25, -0.2) is 0 Å². The zero-order chi connectivity index (χ0) is 15.4. The monoisotopic (exact) mass is 416 g/mol. The molecule has 5 heteroatoms. The highest BCUT2D eigenvalue weighted by Gasteiger charge is 2.27. The Morgan fingerprint density at radius 3 is 2.27 bits per heavy atom. The van der Waals surface area contributed by atoms with Crippen molar-refractivity contribution >= 4 is 29.9 Å². The van der Waals surface area contributed by atoms with Gasteiger partial charge in [-0.2, -0.15) is 0 Å².